The molecule has 4 N–H and O–H groups in total. The van der Waals surface area contributed by atoms with Crippen molar-refractivity contribution in [1.82, 2.24) is 20.2 Å². The molecule has 1 amide bonds. The van der Waals surface area contributed by atoms with Gasteiger partial charge in [0.2, 0.25) is 11.9 Å². The number of amidine groups is 1. The van der Waals surface area contributed by atoms with Gasteiger partial charge in [-0.1, -0.05) is 30.5 Å². The molecule has 2 aromatic rings. The number of aliphatic imine (C=N–C) groups is 1. The number of carbonyl (C=O) groups is 1. The highest BCUT2D eigenvalue weighted by molar-refractivity contribution is 6.32. The Hall–Kier alpha value is -3.04. The van der Waals surface area contributed by atoms with Gasteiger partial charge in [0.1, 0.15) is 16.7 Å². The van der Waals surface area contributed by atoms with Crippen LogP contribution in [-0.4, -0.2) is 52.3 Å². The molecule has 39 heavy (non-hydrogen) atoms. The quantitative estimate of drug-likeness (QED) is 0.235. The number of carbonyl (C=O) groups excluding carboxylic acids is 1. The van der Waals surface area contributed by atoms with Crippen LogP contribution in [0.1, 0.15) is 75.8 Å². The maximum Gasteiger partial charge on any atom is 0.229 e. The summed E-state index contributed by atoms with van der Waals surface area (Å²) in [5.41, 5.74) is 9.49. The van der Waals surface area contributed by atoms with Gasteiger partial charge in [0, 0.05) is 19.0 Å². The summed E-state index contributed by atoms with van der Waals surface area (Å²) in [6.07, 6.45) is 9.79. The van der Waals surface area contributed by atoms with E-state index in [-0.39, 0.29) is 34.4 Å². The summed E-state index contributed by atoms with van der Waals surface area (Å²) in [4.78, 5) is 27.2. The van der Waals surface area contributed by atoms with Crippen molar-refractivity contribution in [1.29, 1.82) is 0 Å². The number of halogens is 2. The van der Waals surface area contributed by atoms with E-state index in [2.05, 4.69) is 37.4 Å². The minimum absolute atomic E-state index is 0.145. The van der Waals surface area contributed by atoms with Crippen molar-refractivity contribution in [3.8, 4) is 0 Å². The van der Waals surface area contributed by atoms with Crippen LogP contribution in [0.5, 0.6) is 0 Å². The van der Waals surface area contributed by atoms with Crippen LogP contribution in [0, 0.1) is 12.7 Å². The molecule has 2 fully saturated rings. The predicted octanol–water partition coefficient (Wildman–Crippen LogP) is 5.90. The van der Waals surface area contributed by atoms with Gasteiger partial charge in [0.15, 0.2) is 5.82 Å². The fourth-order valence-electron chi connectivity index (χ4n) is 4.98. The van der Waals surface area contributed by atoms with Crippen LogP contribution in [0.3, 0.4) is 0 Å². The van der Waals surface area contributed by atoms with E-state index >= 15 is 4.39 Å². The highest BCUT2D eigenvalue weighted by atomic mass is 35.5. The molecule has 210 valence electrons. The number of allylic oxidation sites excluding steroid dienone is 1. The van der Waals surface area contributed by atoms with Crippen LogP contribution in [0.25, 0.3) is 0 Å². The Labute approximate surface area is 235 Å². The number of anilines is 2. The van der Waals surface area contributed by atoms with Crippen LogP contribution in [0.4, 0.5) is 21.8 Å². The zero-order valence-electron chi connectivity index (χ0n) is 23.1. The molecule has 8 nitrogen and oxygen atoms in total. The van der Waals surface area contributed by atoms with Crippen molar-refractivity contribution >= 4 is 40.8 Å². The lowest BCUT2D eigenvalue weighted by atomic mass is 9.86. The molecule has 1 aromatic heterocycles. The number of hydrogen-bond acceptors (Lipinski definition) is 6. The number of aryl methyl sites for hydroxylation is 1. The van der Waals surface area contributed by atoms with Gasteiger partial charge in [-0.25, -0.2) is 14.4 Å². The van der Waals surface area contributed by atoms with E-state index in [1.165, 1.54) is 6.20 Å². The van der Waals surface area contributed by atoms with Crippen molar-refractivity contribution in [3.05, 3.63) is 51.9 Å². The molecule has 10 heteroatoms. The highest BCUT2D eigenvalue weighted by Gasteiger charge is 2.25. The maximum atomic E-state index is 15.2. The first-order valence-electron chi connectivity index (χ1n) is 13.8. The maximum absolute atomic E-state index is 15.2. The average molecular weight is 556 g/mol. The third-order valence-electron chi connectivity index (χ3n) is 7.23. The van der Waals surface area contributed by atoms with Gasteiger partial charge in [-0.05, 0) is 94.3 Å². The first-order valence-corrected chi connectivity index (χ1v) is 14.2. The van der Waals surface area contributed by atoms with Crippen LogP contribution in [0.15, 0.2) is 35.0 Å². The number of piperidine rings is 1. The van der Waals surface area contributed by atoms with Gasteiger partial charge in [0.05, 0.1) is 11.9 Å². The van der Waals surface area contributed by atoms with Crippen LogP contribution in [-0.2, 0) is 4.79 Å². The fourth-order valence-corrected chi connectivity index (χ4v) is 5.11. The Bertz CT molecular complexity index is 1240. The molecule has 0 bridgehead atoms. The summed E-state index contributed by atoms with van der Waals surface area (Å²) in [7, 11) is 0. The van der Waals surface area contributed by atoms with Crippen LogP contribution < -0.4 is 16.4 Å². The molecule has 0 spiro atoms. The lowest BCUT2D eigenvalue weighted by molar-refractivity contribution is -0.121. The number of nitrogens with zero attached hydrogens (tertiary/aromatic N) is 4. The molecule has 1 aliphatic heterocycles. The normalized spacial score (nSPS) is 17.4. The topological polar surface area (TPSA) is 109 Å². The molecule has 1 saturated carbocycles. The number of benzene rings is 1. The Balaban J connectivity index is 1.38. The number of hydrogen-bond donors (Lipinski definition) is 3. The van der Waals surface area contributed by atoms with Gasteiger partial charge in [-0.2, -0.15) is 4.98 Å². The van der Waals surface area contributed by atoms with E-state index in [1.807, 2.05) is 13.8 Å². The number of likely N-dealkylation sites (tertiary alicyclic amines) is 1. The third-order valence-corrected chi connectivity index (χ3v) is 7.49. The van der Waals surface area contributed by atoms with Crippen molar-refractivity contribution in [2.24, 2.45) is 10.7 Å². The van der Waals surface area contributed by atoms with Crippen LogP contribution in [0.2, 0.25) is 5.02 Å². The molecule has 0 radical (unpaired) electrons. The predicted molar refractivity (Wildman–Crippen MR) is 156 cm³/mol. The van der Waals surface area contributed by atoms with Crippen molar-refractivity contribution < 1.29 is 9.18 Å². The second-order valence-electron chi connectivity index (χ2n) is 10.7. The Morgan fingerprint density at radius 3 is 2.69 bits per heavy atom. The smallest absolute Gasteiger partial charge is 0.229 e. The summed E-state index contributed by atoms with van der Waals surface area (Å²) in [6.45, 7) is 8.67. The fraction of sp³-hybridized carbons (Fsp3) is 0.517. The summed E-state index contributed by atoms with van der Waals surface area (Å²) in [5.74, 6) is 0.766. The van der Waals surface area contributed by atoms with Gasteiger partial charge in [-0.15, -0.1) is 0 Å². The first kappa shape index (κ1) is 29.0. The largest absolute Gasteiger partial charge is 0.384 e. The number of aromatic nitrogens is 2. The first-order chi connectivity index (χ1) is 18.7. The second-order valence-corrected chi connectivity index (χ2v) is 11.1. The van der Waals surface area contributed by atoms with E-state index in [4.69, 9.17) is 17.3 Å². The minimum Gasteiger partial charge on any atom is -0.384 e. The molecular weight excluding hydrogens is 517 g/mol. The Morgan fingerprint density at radius 1 is 1.26 bits per heavy atom. The monoisotopic (exact) mass is 555 g/mol. The number of rotatable bonds is 11. The average Bonchev–Trinajstić information content (AvgIpc) is 3.71. The molecular formula is C29H39ClFN7O. The van der Waals surface area contributed by atoms with Gasteiger partial charge < -0.3 is 21.3 Å². The lowest BCUT2D eigenvalue weighted by Gasteiger charge is -2.32. The summed E-state index contributed by atoms with van der Waals surface area (Å²) in [6, 6.07) is 3.82. The minimum atomic E-state index is -0.365. The van der Waals surface area contributed by atoms with E-state index in [9.17, 15) is 4.79 Å². The van der Waals surface area contributed by atoms with E-state index in [0.717, 1.165) is 74.9 Å². The molecule has 4 rings (SSSR count). The molecule has 1 aliphatic carbocycles. The summed E-state index contributed by atoms with van der Waals surface area (Å²) >= 11 is 6.24. The molecule has 1 saturated heterocycles. The summed E-state index contributed by atoms with van der Waals surface area (Å²) < 4.78 is 15.2. The second kappa shape index (κ2) is 13.3. The van der Waals surface area contributed by atoms with Gasteiger partial charge >= 0.3 is 0 Å². The molecule has 2 aliphatic rings. The van der Waals surface area contributed by atoms with E-state index in [0.29, 0.717) is 24.0 Å². The highest BCUT2D eigenvalue weighted by Crippen LogP contribution is 2.34. The Kier molecular flexibility index (Phi) is 9.91. The van der Waals surface area contributed by atoms with Gasteiger partial charge in [0.25, 0.3) is 0 Å². The SMILES string of the molecule is CCC/C(C)=C\C(N)=Nc1nc(Nc2cc(C)c(C3CCN(CCC(=O)NC4CC4)CC3)cc2F)ncc1Cl. The van der Waals surface area contributed by atoms with Crippen molar-refractivity contribution in [2.45, 2.75) is 77.7 Å². The van der Waals surface area contributed by atoms with Crippen molar-refractivity contribution in [2.75, 3.05) is 25.0 Å². The van der Waals surface area contributed by atoms with Crippen LogP contribution >= 0.6 is 11.6 Å². The molecule has 0 unspecified atom stereocenters. The standard InChI is InChI=1S/C29H39ClFN7O/c1-4-5-18(2)14-26(32)36-28-23(30)17-33-29(37-28)35-25-15-19(3)22(16-24(25)31)20-8-11-38(12-9-20)13-10-27(39)34-21-6-7-21/h14-17,20-21H,4-13H2,1-3H3,(H,34,39)(H3,32,33,35,36,37)/b18-14-. The third kappa shape index (κ3) is 8.47. The summed E-state index contributed by atoms with van der Waals surface area (Å²) in [5, 5.41) is 6.27. The zero-order chi connectivity index (χ0) is 27.9. The number of nitrogens with one attached hydrogen (secondary N) is 2. The number of nitrogens with two attached hydrogens (primary N) is 1. The Morgan fingerprint density at radius 2 is 2.00 bits per heavy atom. The van der Waals surface area contributed by atoms with Crippen molar-refractivity contribution in [3.63, 3.8) is 0 Å². The molecule has 2 heterocycles. The van der Waals surface area contributed by atoms with E-state index < -0.39 is 0 Å². The van der Waals surface area contributed by atoms with Gasteiger partial charge in [-0.3, -0.25) is 4.79 Å². The zero-order valence-corrected chi connectivity index (χ0v) is 23.8. The number of amides is 1. The van der Waals surface area contributed by atoms with E-state index in [1.54, 1.807) is 18.2 Å². The molecule has 1 aromatic carbocycles. The molecule has 0 atom stereocenters. The lowest BCUT2D eigenvalue weighted by Crippen LogP contribution is -2.36.